The molecule has 1 fully saturated rings. The highest BCUT2D eigenvalue weighted by atomic mass is 19.2. The highest BCUT2D eigenvalue weighted by Crippen LogP contribution is 2.37. The van der Waals surface area contributed by atoms with Gasteiger partial charge in [0.05, 0.1) is 0 Å². The molecule has 0 saturated carbocycles. The number of amides is 1. The summed E-state index contributed by atoms with van der Waals surface area (Å²) >= 11 is 0. The van der Waals surface area contributed by atoms with Crippen molar-refractivity contribution in [1.82, 2.24) is 10.2 Å². The predicted octanol–water partition coefficient (Wildman–Crippen LogP) is 1.14. The third-order valence-corrected chi connectivity index (χ3v) is 4.70. The van der Waals surface area contributed by atoms with Gasteiger partial charge in [0.25, 0.3) is 0 Å². The SMILES string of the molecule is NC(CC(=O)N1CCNCC1)C1CCc2cc(F)c(F)cc21. The van der Waals surface area contributed by atoms with E-state index in [4.69, 9.17) is 5.73 Å². The number of halogens is 2. The molecule has 1 aliphatic heterocycles. The number of fused-ring (bicyclic) bond motifs is 1. The molecule has 3 N–H and O–H groups in total. The molecule has 1 heterocycles. The van der Waals surface area contributed by atoms with Gasteiger partial charge in [0.15, 0.2) is 11.6 Å². The summed E-state index contributed by atoms with van der Waals surface area (Å²) in [5, 5.41) is 3.20. The lowest BCUT2D eigenvalue weighted by Gasteiger charge is -2.29. The minimum atomic E-state index is -0.841. The molecule has 0 aromatic heterocycles. The van der Waals surface area contributed by atoms with E-state index in [1.54, 1.807) is 0 Å². The molecule has 3 rings (SSSR count). The number of benzene rings is 1. The first kappa shape index (κ1) is 15.4. The zero-order valence-corrected chi connectivity index (χ0v) is 12.4. The van der Waals surface area contributed by atoms with E-state index in [1.807, 2.05) is 4.90 Å². The molecule has 1 aromatic carbocycles. The molecule has 0 radical (unpaired) electrons. The van der Waals surface area contributed by atoms with Crippen LogP contribution in [-0.2, 0) is 11.2 Å². The van der Waals surface area contributed by atoms with Crippen molar-refractivity contribution in [3.8, 4) is 0 Å². The van der Waals surface area contributed by atoms with Crippen molar-refractivity contribution in [3.63, 3.8) is 0 Å². The van der Waals surface area contributed by atoms with Gasteiger partial charge in [-0.25, -0.2) is 8.78 Å². The fraction of sp³-hybridized carbons (Fsp3) is 0.562. The maximum Gasteiger partial charge on any atom is 0.224 e. The van der Waals surface area contributed by atoms with E-state index < -0.39 is 11.6 Å². The van der Waals surface area contributed by atoms with Crippen molar-refractivity contribution in [1.29, 1.82) is 0 Å². The van der Waals surface area contributed by atoms with Gasteiger partial charge in [-0.15, -0.1) is 0 Å². The van der Waals surface area contributed by atoms with E-state index in [0.717, 1.165) is 30.6 Å². The van der Waals surface area contributed by atoms with Crippen LogP contribution in [-0.4, -0.2) is 43.0 Å². The molecule has 120 valence electrons. The third kappa shape index (κ3) is 2.98. The van der Waals surface area contributed by atoms with Gasteiger partial charge in [0.1, 0.15) is 0 Å². The highest BCUT2D eigenvalue weighted by molar-refractivity contribution is 5.77. The van der Waals surface area contributed by atoms with E-state index in [0.29, 0.717) is 19.5 Å². The molecule has 0 bridgehead atoms. The van der Waals surface area contributed by atoms with E-state index >= 15 is 0 Å². The Morgan fingerprint density at radius 3 is 2.73 bits per heavy atom. The van der Waals surface area contributed by atoms with Gasteiger partial charge >= 0.3 is 0 Å². The molecular weight excluding hydrogens is 288 g/mol. The van der Waals surface area contributed by atoms with Crippen LogP contribution in [0.15, 0.2) is 12.1 Å². The Hall–Kier alpha value is -1.53. The first-order chi connectivity index (χ1) is 10.6. The van der Waals surface area contributed by atoms with Gasteiger partial charge in [-0.2, -0.15) is 0 Å². The van der Waals surface area contributed by atoms with Gasteiger partial charge in [0, 0.05) is 44.6 Å². The van der Waals surface area contributed by atoms with Crippen LogP contribution in [0.2, 0.25) is 0 Å². The first-order valence-corrected chi connectivity index (χ1v) is 7.78. The number of hydrogen-bond donors (Lipinski definition) is 2. The number of carbonyl (C=O) groups excluding carboxylic acids is 1. The van der Waals surface area contributed by atoms with E-state index in [2.05, 4.69) is 5.32 Å². The van der Waals surface area contributed by atoms with Crippen LogP contribution in [0.25, 0.3) is 0 Å². The van der Waals surface area contributed by atoms with Crippen LogP contribution in [0, 0.1) is 11.6 Å². The summed E-state index contributed by atoms with van der Waals surface area (Å²) in [6.07, 6.45) is 1.68. The summed E-state index contributed by atoms with van der Waals surface area (Å²) < 4.78 is 26.7. The second kappa shape index (κ2) is 6.30. The van der Waals surface area contributed by atoms with Crippen molar-refractivity contribution in [2.24, 2.45) is 5.73 Å². The summed E-state index contributed by atoms with van der Waals surface area (Å²) in [5.74, 6) is -1.68. The van der Waals surface area contributed by atoms with E-state index in [9.17, 15) is 13.6 Å². The number of nitrogens with zero attached hydrogens (tertiary/aromatic N) is 1. The van der Waals surface area contributed by atoms with Crippen LogP contribution in [0.4, 0.5) is 8.78 Å². The zero-order valence-electron chi connectivity index (χ0n) is 12.4. The summed E-state index contributed by atoms with van der Waals surface area (Å²) in [5.41, 5.74) is 7.79. The Bertz CT molecular complexity index is 573. The molecule has 6 heteroatoms. The van der Waals surface area contributed by atoms with Gasteiger partial charge in [-0.3, -0.25) is 4.79 Å². The maximum atomic E-state index is 13.5. The van der Waals surface area contributed by atoms with E-state index in [1.165, 1.54) is 12.1 Å². The van der Waals surface area contributed by atoms with Crippen LogP contribution in [0.1, 0.15) is 29.9 Å². The standard InChI is InChI=1S/C16H21F2N3O/c17-13-7-10-1-2-11(12(10)8-14(13)18)15(19)9-16(22)21-5-3-20-4-6-21/h7-8,11,15,20H,1-6,9,19H2. The molecule has 0 spiro atoms. The Kier molecular flexibility index (Phi) is 4.40. The Labute approximate surface area is 128 Å². The normalized spacial score (nSPS) is 22.5. The number of rotatable bonds is 3. The van der Waals surface area contributed by atoms with Crippen molar-refractivity contribution < 1.29 is 13.6 Å². The average molecular weight is 309 g/mol. The highest BCUT2D eigenvalue weighted by Gasteiger charge is 2.31. The molecule has 1 amide bonds. The smallest absolute Gasteiger partial charge is 0.224 e. The largest absolute Gasteiger partial charge is 0.340 e. The molecular formula is C16H21F2N3O. The monoisotopic (exact) mass is 309 g/mol. The molecule has 1 saturated heterocycles. The fourth-order valence-electron chi connectivity index (χ4n) is 3.46. The Balaban J connectivity index is 1.68. The Morgan fingerprint density at radius 1 is 1.32 bits per heavy atom. The second-order valence-corrected chi connectivity index (χ2v) is 6.11. The van der Waals surface area contributed by atoms with Gasteiger partial charge < -0.3 is 16.0 Å². The number of nitrogens with two attached hydrogens (primary N) is 1. The number of hydrogen-bond acceptors (Lipinski definition) is 3. The van der Waals surface area contributed by atoms with Gasteiger partial charge in [-0.1, -0.05) is 0 Å². The third-order valence-electron chi connectivity index (χ3n) is 4.70. The molecule has 4 nitrogen and oxygen atoms in total. The molecule has 22 heavy (non-hydrogen) atoms. The van der Waals surface area contributed by atoms with Crippen LogP contribution in [0.3, 0.4) is 0 Å². The molecule has 2 unspecified atom stereocenters. The minimum absolute atomic E-state index is 0.0463. The van der Waals surface area contributed by atoms with E-state index in [-0.39, 0.29) is 24.3 Å². The number of nitrogens with one attached hydrogen (secondary N) is 1. The first-order valence-electron chi connectivity index (χ1n) is 7.78. The lowest BCUT2D eigenvalue weighted by Crippen LogP contribution is -2.48. The predicted molar refractivity (Wildman–Crippen MR) is 79.5 cm³/mol. The second-order valence-electron chi connectivity index (χ2n) is 6.11. The quantitative estimate of drug-likeness (QED) is 0.880. The fourth-order valence-corrected chi connectivity index (χ4v) is 3.46. The molecule has 1 aromatic rings. The zero-order chi connectivity index (χ0) is 15.7. The number of piperazine rings is 1. The number of carbonyl (C=O) groups is 1. The summed E-state index contributed by atoms with van der Waals surface area (Å²) in [7, 11) is 0. The average Bonchev–Trinajstić information content (AvgIpc) is 2.91. The maximum absolute atomic E-state index is 13.5. The Morgan fingerprint density at radius 2 is 2.00 bits per heavy atom. The van der Waals surface area contributed by atoms with Crippen molar-refractivity contribution in [3.05, 3.63) is 34.9 Å². The molecule has 2 atom stereocenters. The van der Waals surface area contributed by atoms with Crippen LogP contribution >= 0.6 is 0 Å². The summed E-state index contributed by atoms with van der Waals surface area (Å²) in [4.78, 5) is 14.1. The molecule has 2 aliphatic rings. The van der Waals surface area contributed by atoms with Crippen molar-refractivity contribution in [2.45, 2.75) is 31.2 Å². The van der Waals surface area contributed by atoms with Gasteiger partial charge in [0.2, 0.25) is 5.91 Å². The lowest BCUT2D eigenvalue weighted by atomic mass is 9.91. The van der Waals surface area contributed by atoms with Crippen molar-refractivity contribution in [2.75, 3.05) is 26.2 Å². The van der Waals surface area contributed by atoms with Crippen LogP contribution < -0.4 is 11.1 Å². The van der Waals surface area contributed by atoms with Crippen LogP contribution in [0.5, 0.6) is 0 Å². The van der Waals surface area contributed by atoms with Gasteiger partial charge in [-0.05, 0) is 36.1 Å². The molecule has 1 aliphatic carbocycles. The summed E-state index contributed by atoms with van der Waals surface area (Å²) in [6, 6.07) is 2.15. The topological polar surface area (TPSA) is 58.4 Å². The lowest BCUT2D eigenvalue weighted by molar-refractivity contribution is -0.132. The number of aryl methyl sites for hydroxylation is 1. The minimum Gasteiger partial charge on any atom is -0.340 e. The van der Waals surface area contributed by atoms with Crippen molar-refractivity contribution >= 4 is 5.91 Å². The summed E-state index contributed by atoms with van der Waals surface area (Å²) in [6.45, 7) is 3.01.